The number of rotatable bonds is 6. The summed E-state index contributed by atoms with van der Waals surface area (Å²) in [5.41, 5.74) is 1.20. The van der Waals surface area contributed by atoms with E-state index in [0.29, 0.717) is 22.8 Å². The molecule has 3 rings (SSSR count). The average Bonchev–Trinajstić information content (AvgIpc) is 3.13. The summed E-state index contributed by atoms with van der Waals surface area (Å²) in [6, 6.07) is 19.8. The van der Waals surface area contributed by atoms with Gasteiger partial charge in [0, 0.05) is 22.2 Å². The van der Waals surface area contributed by atoms with E-state index in [9.17, 15) is 9.59 Å². The number of thioether (sulfide) groups is 1. The number of benzene rings is 2. The Bertz CT molecular complexity index is 1010. The Morgan fingerprint density at radius 2 is 1.79 bits per heavy atom. The maximum absolute atomic E-state index is 12.8. The van der Waals surface area contributed by atoms with Crippen LogP contribution in [0.15, 0.2) is 81.7 Å². The lowest BCUT2D eigenvalue weighted by atomic mass is 10.2. The van der Waals surface area contributed by atoms with Gasteiger partial charge in [-0.05, 0) is 55.6 Å². The summed E-state index contributed by atoms with van der Waals surface area (Å²) in [4.78, 5) is 26.4. The smallest absolute Gasteiger partial charge is 0.272 e. The molecule has 2 amide bonds. The van der Waals surface area contributed by atoms with Gasteiger partial charge < -0.3 is 15.1 Å². The van der Waals surface area contributed by atoms with Crippen LogP contribution in [0.3, 0.4) is 0 Å². The van der Waals surface area contributed by atoms with Crippen molar-refractivity contribution in [3.05, 3.63) is 89.5 Å². The first-order valence-electron chi connectivity index (χ1n) is 8.65. The predicted octanol–water partition coefficient (Wildman–Crippen LogP) is 4.72. The summed E-state index contributed by atoms with van der Waals surface area (Å²) < 4.78 is 5.53. The first kappa shape index (κ1) is 19.5. The molecule has 0 atom stereocenters. The first-order chi connectivity index (χ1) is 13.5. The van der Waals surface area contributed by atoms with Crippen LogP contribution in [0.25, 0.3) is 6.08 Å². The highest BCUT2D eigenvalue weighted by Gasteiger charge is 2.16. The highest BCUT2D eigenvalue weighted by atomic mass is 32.2. The number of carbonyl (C=O) groups is 2. The molecule has 0 saturated carbocycles. The van der Waals surface area contributed by atoms with Crippen LogP contribution >= 0.6 is 11.8 Å². The molecule has 0 aliphatic rings. The Morgan fingerprint density at radius 1 is 1.00 bits per heavy atom. The molecule has 0 bridgehead atoms. The van der Waals surface area contributed by atoms with Gasteiger partial charge in [-0.15, -0.1) is 11.8 Å². The number of nitrogens with one attached hydrogen (secondary N) is 2. The maximum atomic E-state index is 12.8. The Balaban J connectivity index is 1.85. The molecule has 6 heteroatoms. The van der Waals surface area contributed by atoms with Crippen molar-refractivity contribution >= 4 is 35.3 Å². The fourth-order valence-corrected chi connectivity index (χ4v) is 2.97. The molecule has 0 spiro atoms. The average molecular weight is 392 g/mol. The number of hydrogen-bond acceptors (Lipinski definition) is 4. The highest BCUT2D eigenvalue weighted by molar-refractivity contribution is 7.98. The monoisotopic (exact) mass is 392 g/mol. The molecule has 1 aromatic heterocycles. The van der Waals surface area contributed by atoms with Crippen molar-refractivity contribution in [3.63, 3.8) is 0 Å². The van der Waals surface area contributed by atoms with E-state index in [1.54, 1.807) is 54.2 Å². The van der Waals surface area contributed by atoms with Crippen LogP contribution in [-0.2, 0) is 4.79 Å². The minimum atomic E-state index is -0.434. The van der Waals surface area contributed by atoms with Crippen LogP contribution in [0.2, 0.25) is 0 Å². The minimum Gasteiger partial charge on any atom is -0.462 e. The van der Waals surface area contributed by atoms with E-state index < -0.39 is 5.91 Å². The topological polar surface area (TPSA) is 71.3 Å². The van der Waals surface area contributed by atoms with E-state index in [-0.39, 0.29) is 11.6 Å². The van der Waals surface area contributed by atoms with Crippen LogP contribution < -0.4 is 10.6 Å². The lowest BCUT2D eigenvalue weighted by molar-refractivity contribution is -0.113. The fourth-order valence-electron chi connectivity index (χ4n) is 2.51. The van der Waals surface area contributed by atoms with Crippen LogP contribution in [0.4, 0.5) is 5.69 Å². The molecule has 0 aliphatic heterocycles. The number of amides is 2. The zero-order valence-electron chi connectivity index (χ0n) is 15.6. The third-order valence-electron chi connectivity index (χ3n) is 3.90. The third-order valence-corrected chi connectivity index (χ3v) is 4.63. The summed E-state index contributed by atoms with van der Waals surface area (Å²) in [6.07, 6.45) is 3.48. The van der Waals surface area contributed by atoms with Crippen molar-refractivity contribution in [2.45, 2.75) is 11.8 Å². The van der Waals surface area contributed by atoms with Crippen molar-refractivity contribution < 1.29 is 14.0 Å². The van der Waals surface area contributed by atoms with E-state index in [1.165, 1.54) is 6.08 Å². The van der Waals surface area contributed by atoms with Gasteiger partial charge in [-0.2, -0.15) is 0 Å². The van der Waals surface area contributed by atoms with Crippen molar-refractivity contribution in [3.8, 4) is 0 Å². The molecule has 0 aliphatic carbocycles. The maximum Gasteiger partial charge on any atom is 0.272 e. The summed E-state index contributed by atoms with van der Waals surface area (Å²) in [6.45, 7) is 1.81. The molecule has 2 N–H and O–H groups in total. The van der Waals surface area contributed by atoms with E-state index in [4.69, 9.17) is 4.42 Å². The van der Waals surface area contributed by atoms with Gasteiger partial charge >= 0.3 is 0 Å². The fraction of sp³-hybridized carbons (Fsp3) is 0.0909. The Labute approximate surface area is 167 Å². The quantitative estimate of drug-likeness (QED) is 0.470. The van der Waals surface area contributed by atoms with Crippen molar-refractivity contribution in [1.29, 1.82) is 0 Å². The number of anilines is 1. The van der Waals surface area contributed by atoms with Gasteiger partial charge in [0.2, 0.25) is 0 Å². The molecule has 2 aromatic carbocycles. The van der Waals surface area contributed by atoms with Crippen LogP contribution in [0, 0.1) is 6.92 Å². The Hall–Kier alpha value is -3.25. The van der Waals surface area contributed by atoms with Gasteiger partial charge in [-0.1, -0.05) is 24.3 Å². The number of aryl methyl sites for hydroxylation is 1. The molecule has 3 aromatic rings. The lowest BCUT2D eigenvalue weighted by Gasteiger charge is -2.11. The third kappa shape index (κ3) is 5.14. The van der Waals surface area contributed by atoms with Crippen LogP contribution in [0.1, 0.15) is 21.9 Å². The Kier molecular flexibility index (Phi) is 6.34. The molecular weight excluding hydrogens is 372 g/mol. The summed E-state index contributed by atoms with van der Waals surface area (Å²) in [5.74, 6) is 0.390. The summed E-state index contributed by atoms with van der Waals surface area (Å²) >= 11 is 1.58. The predicted molar refractivity (Wildman–Crippen MR) is 112 cm³/mol. The van der Waals surface area contributed by atoms with Gasteiger partial charge in [0.15, 0.2) is 0 Å². The number of hydrogen-bond donors (Lipinski definition) is 2. The second kappa shape index (κ2) is 9.10. The summed E-state index contributed by atoms with van der Waals surface area (Å²) in [5, 5.41) is 5.51. The van der Waals surface area contributed by atoms with E-state index in [1.807, 2.05) is 37.4 Å². The molecule has 0 saturated heterocycles. The number of carbonyl (C=O) groups excluding carboxylic acids is 2. The zero-order chi connectivity index (χ0) is 19.9. The van der Waals surface area contributed by atoms with Crippen molar-refractivity contribution in [2.75, 3.05) is 11.6 Å². The molecule has 1 heterocycles. The van der Waals surface area contributed by atoms with Crippen LogP contribution in [-0.4, -0.2) is 18.1 Å². The zero-order valence-corrected chi connectivity index (χ0v) is 16.4. The van der Waals surface area contributed by atoms with Crippen molar-refractivity contribution in [1.82, 2.24) is 5.32 Å². The van der Waals surface area contributed by atoms with Gasteiger partial charge in [-0.25, -0.2) is 0 Å². The second-order valence-corrected chi connectivity index (χ2v) is 6.89. The molecule has 0 unspecified atom stereocenters. The summed E-state index contributed by atoms with van der Waals surface area (Å²) in [7, 11) is 0. The second-order valence-electron chi connectivity index (χ2n) is 6.01. The molecule has 28 heavy (non-hydrogen) atoms. The molecule has 0 fully saturated rings. The van der Waals surface area contributed by atoms with Gasteiger partial charge in [0.05, 0.1) is 0 Å². The SMILES string of the molecule is CSc1cccc(NC(=O)/C(=C\c2ccc(C)o2)NC(=O)c2ccccc2)c1. The van der Waals surface area contributed by atoms with E-state index >= 15 is 0 Å². The van der Waals surface area contributed by atoms with Crippen molar-refractivity contribution in [2.24, 2.45) is 0 Å². The molecule has 142 valence electrons. The lowest BCUT2D eigenvalue weighted by Crippen LogP contribution is -2.30. The van der Waals surface area contributed by atoms with E-state index in [2.05, 4.69) is 10.6 Å². The largest absolute Gasteiger partial charge is 0.462 e. The number of furan rings is 1. The normalized spacial score (nSPS) is 11.1. The minimum absolute atomic E-state index is 0.0951. The molecular formula is C22H20N2O3S. The Morgan fingerprint density at radius 3 is 2.46 bits per heavy atom. The van der Waals surface area contributed by atoms with E-state index in [0.717, 1.165) is 4.90 Å². The van der Waals surface area contributed by atoms with Gasteiger partial charge in [0.25, 0.3) is 11.8 Å². The van der Waals surface area contributed by atoms with Gasteiger partial charge in [-0.3, -0.25) is 9.59 Å². The standard InChI is InChI=1S/C22H20N2O3S/c1-15-11-12-18(27-15)14-20(24-21(25)16-7-4-3-5-8-16)22(26)23-17-9-6-10-19(13-17)28-2/h3-14H,1-2H3,(H,23,26)(H,24,25)/b20-14+. The first-order valence-corrected chi connectivity index (χ1v) is 9.87. The highest BCUT2D eigenvalue weighted by Crippen LogP contribution is 2.20. The molecule has 0 radical (unpaired) electrons. The van der Waals surface area contributed by atoms with Crippen LogP contribution in [0.5, 0.6) is 0 Å². The van der Waals surface area contributed by atoms with Gasteiger partial charge in [0.1, 0.15) is 17.2 Å². The molecule has 5 nitrogen and oxygen atoms in total.